The van der Waals surface area contributed by atoms with E-state index in [0.717, 1.165) is 30.8 Å². The maximum atomic E-state index is 13.8. The molecule has 2 aliphatic rings. The van der Waals surface area contributed by atoms with Crippen LogP contribution >= 0.6 is 0 Å². The number of nitrogens with zero attached hydrogens (tertiary/aromatic N) is 2. The molecule has 2 fully saturated rings. The quantitative estimate of drug-likeness (QED) is 0.514. The lowest BCUT2D eigenvalue weighted by atomic mass is 9.78. The Morgan fingerprint density at radius 2 is 1.65 bits per heavy atom. The first-order valence-corrected chi connectivity index (χ1v) is 15.6. The van der Waals surface area contributed by atoms with Crippen molar-refractivity contribution in [3.63, 3.8) is 0 Å². The summed E-state index contributed by atoms with van der Waals surface area (Å²) in [5, 5.41) is 0. The molecule has 1 aliphatic carbocycles. The number of hydrogen-bond acceptors (Lipinski definition) is 5. The summed E-state index contributed by atoms with van der Waals surface area (Å²) in [6.45, 7) is 8.17. The van der Waals surface area contributed by atoms with Gasteiger partial charge in [-0.15, -0.1) is 0 Å². The van der Waals surface area contributed by atoms with Gasteiger partial charge in [-0.2, -0.15) is 0 Å². The second-order valence-electron chi connectivity index (χ2n) is 10.5. The van der Waals surface area contributed by atoms with E-state index >= 15 is 0 Å². The molecule has 0 amide bonds. The molecule has 1 unspecified atom stereocenters. The molecule has 2 aromatic rings. The summed E-state index contributed by atoms with van der Waals surface area (Å²) in [5.74, 6) is 0.120. The number of anilines is 2. The van der Waals surface area contributed by atoms with Gasteiger partial charge in [0.25, 0.3) is 10.0 Å². The Hall–Kier alpha value is -2.06. The number of rotatable bonds is 8. The molecule has 1 aliphatic heterocycles. The van der Waals surface area contributed by atoms with E-state index in [1.54, 1.807) is 12.1 Å². The van der Waals surface area contributed by atoms with Crippen molar-refractivity contribution < 1.29 is 12.6 Å². The van der Waals surface area contributed by atoms with Crippen LogP contribution in [0.4, 0.5) is 11.4 Å². The summed E-state index contributed by atoms with van der Waals surface area (Å²) < 4.78 is 50.4. The molecule has 4 rings (SSSR count). The lowest BCUT2D eigenvalue weighted by molar-refractivity contribution is 0.221. The largest absolute Gasteiger partial charge is 0.369 e. The Labute approximate surface area is 205 Å². The van der Waals surface area contributed by atoms with Crippen molar-refractivity contribution in [2.24, 2.45) is 11.3 Å². The molecule has 1 N–H and O–H groups in total. The first-order valence-electron chi connectivity index (χ1n) is 12.2. The Kier molecular flexibility index (Phi) is 6.77. The van der Waals surface area contributed by atoms with Crippen LogP contribution in [0, 0.1) is 16.1 Å². The molecule has 1 heterocycles. The Balaban J connectivity index is 1.72. The predicted octanol–water partition coefficient (Wildman–Crippen LogP) is 5.52. The molecule has 0 radical (unpaired) electrons. The first-order chi connectivity index (χ1) is 15.9. The number of nitrogens with one attached hydrogen (secondary N) is 1. The summed E-state index contributed by atoms with van der Waals surface area (Å²) in [7, 11) is -7.02. The first kappa shape index (κ1) is 25.0. The predicted molar refractivity (Wildman–Crippen MR) is 140 cm³/mol. The van der Waals surface area contributed by atoms with E-state index < -0.39 is 19.8 Å². The summed E-state index contributed by atoms with van der Waals surface area (Å²) in [6.07, 6.45) is 7.21. The van der Waals surface area contributed by atoms with Crippen molar-refractivity contribution in [2.45, 2.75) is 62.7 Å². The lowest BCUT2D eigenvalue weighted by Gasteiger charge is -2.50. The van der Waals surface area contributed by atoms with Crippen LogP contribution in [0.3, 0.4) is 0 Å². The molecular weight excluding hydrogens is 466 g/mol. The van der Waals surface area contributed by atoms with Gasteiger partial charge in [-0.1, -0.05) is 45.7 Å². The van der Waals surface area contributed by atoms with E-state index in [9.17, 15) is 12.6 Å². The molecule has 1 saturated heterocycles. The highest BCUT2D eigenvalue weighted by Crippen LogP contribution is 2.48. The minimum Gasteiger partial charge on any atom is -0.369 e. The fourth-order valence-electron chi connectivity index (χ4n) is 5.30. The van der Waals surface area contributed by atoms with Crippen LogP contribution < -0.4 is 9.21 Å². The van der Waals surface area contributed by atoms with Crippen LogP contribution in [-0.2, 0) is 26.2 Å². The second kappa shape index (κ2) is 9.19. The smallest absolute Gasteiger partial charge is 0.264 e. The molecule has 8 heteroatoms. The van der Waals surface area contributed by atoms with Gasteiger partial charge in [0.1, 0.15) is 0 Å². The summed E-state index contributed by atoms with van der Waals surface area (Å²) >= 11 is 0. The van der Waals surface area contributed by atoms with Crippen molar-refractivity contribution in [3.05, 3.63) is 48.0 Å². The zero-order valence-corrected chi connectivity index (χ0v) is 22.3. The van der Waals surface area contributed by atoms with Crippen molar-refractivity contribution >= 4 is 31.1 Å². The fraction of sp³-hybridized carbons (Fsp3) is 0.538. The van der Waals surface area contributed by atoms with E-state index in [1.807, 2.05) is 38.1 Å². The van der Waals surface area contributed by atoms with Gasteiger partial charge in [0.2, 0.25) is 0 Å². The molecule has 0 aromatic heterocycles. The molecule has 34 heavy (non-hydrogen) atoms. The molecule has 186 valence electrons. The maximum absolute atomic E-state index is 13.8. The van der Waals surface area contributed by atoms with Crippen molar-refractivity contribution in [1.29, 1.82) is 4.78 Å². The lowest BCUT2D eigenvalue weighted by Crippen LogP contribution is -2.55. The standard InChI is InChI=1S/C26H37N3O3S2/c1-5-21-8-10-22(11-9-21)29(17-20(2)3)34(31,32)23-12-13-24(25(16-23)33(4,27)30)28-18-26(19-28)14-6-7-15-26/h8-13,16,20,27H,5-7,14-15,17-19H2,1-4H3. The van der Waals surface area contributed by atoms with E-state index in [4.69, 9.17) is 4.78 Å². The Morgan fingerprint density at radius 1 is 1.03 bits per heavy atom. The third kappa shape index (κ3) is 4.85. The third-order valence-corrected chi connectivity index (χ3v) is 10.1. The monoisotopic (exact) mass is 503 g/mol. The topological polar surface area (TPSA) is 81.5 Å². The van der Waals surface area contributed by atoms with Crippen LogP contribution in [-0.4, -0.2) is 38.5 Å². The van der Waals surface area contributed by atoms with Gasteiger partial charge in [0.05, 0.1) is 30.9 Å². The highest BCUT2D eigenvalue weighted by Gasteiger charge is 2.45. The van der Waals surface area contributed by atoms with E-state index in [-0.39, 0.29) is 10.8 Å². The Morgan fingerprint density at radius 3 is 2.18 bits per heavy atom. The van der Waals surface area contributed by atoms with E-state index in [2.05, 4.69) is 11.8 Å². The van der Waals surface area contributed by atoms with Gasteiger partial charge in [0, 0.05) is 31.3 Å². The molecule has 1 atom stereocenters. The van der Waals surface area contributed by atoms with Gasteiger partial charge in [-0.3, -0.25) is 4.31 Å². The van der Waals surface area contributed by atoms with Gasteiger partial charge in [-0.25, -0.2) is 17.4 Å². The minimum absolute atomic E-state index is 0.0874. The number of aryl methyl sites for hydroxylation is 1. The number of hydrogen-bond donors (Lipinski definition) is 1. The second-order valence-corrected chi connectivity index (χ2v) is 14.5. The highest BCUT2D eigenvalue weighted by atomic mass is 32.2. The van der Waals surface area contributed by atoms with Crippen LogP contribution in [0.5, 0.6) is 0 Å². The average Bonchev–Trinajstić information content (AvgIpc) is 3.26. The summed E-state index contributed by atoms with van der Waals surface area (Å²) in [6, 6.07) is 12.5. The van der Waals surface area contributed by atoms with Crippen molar-refractivity contribution in [2.75, 3.05) is 35.1 Å². The van der Waals surface area contributed by atoms with Crippen LogP contribution in [0.2, 0.25) is 0 Å². The van der Waals surface area contributed by atoms with Crippen molar-refractivity contribution in [3.8, 4) is 0 Å². The van der Waals surface area contributed by atoms with Gasteiger partial charge < -0.3 is 4.90 Å². The molecule has 0 bridgehead atoms. The average molecular weight is 504 g/mol. The zero-order valence-electron chi connectivity index (χ0n) is 20.7. The van der Waals surface area contributed by atoms with Crippen molar-refractivity contribution in [1.82, 2.24) is 0 Å². The SMILES string of the molecule is CCc1ccc(N(CC(C)C)S(=O)(=O)c2ccc(N3CC4(CCCC4)C3)c(S(C)(=N)=O)c2)cc1. The highest BCUT2D eigenvalue weighted by molar-refractivity contribution is 7.93. The van der Waals surface area contributed by atoms with E-state index in [1.165, 1.54) is 42.3 Å². The number of benzene rings is 2. The molecule has 1 spiro atoms. The molecule has 6 nitrogen and oxygen atoms in total. The summed E-state index contributed by atoms with van der Waals surface area (Å²) in [5.41, 5.74) is 2.84. The molecule has 2 aromatic carbocycles. The van der Waals surface area contributed by atoms with Crippen LogP contribution in [0.15, 0.2) is 52.3 Å². The molecule has 1 saturated carbocycles. The minimum atomic E-state index is -3.90. The third-order valence-electron chi connectivity index (χ3n) is 7.16. The summed E-state index contributed by atoms with van der Waals surface area (Å²) in [4.78, 5) is 2.57. The van der Waals surface area contributed by atoms with Crippen LogP contribution in [0.25, 0.3) is 0 Å². The fourth-order valence-corrected chi connectivity index (χ4v) is 7.98. The Bertz CT molecular complexity index is 1240. The zero-order chi connectivity index (χ0) is 24.7. The normalized spacial score (nSPS) is 19.3. The molecular formula is C26H37N3O3S2. The number of sulfonamides is 1. The van der Waals surface area contributed by atoms with Gasteiger partial charge in [-0.05, 0) is 61.1 Å². The van der Waals surface area contributed by atoms with Gasteiger partial charge >= 0.3 is 0 Å². The van der Waals surface area contributed by atoms with E-state index in [0.29, 0.717) is 22.5 Å². The maximum Gasteiger partial charge on any atom is 0.264 e. The van der Waals surface area contributed by atoms with Gasteiger partial charge in [0.15, 0.2) is 0 Å². The van der Waals surface area contributed by atoms with Crippen LogP contribution in [0.1, 0.15) is 52.0 Å².